The maximum atomic E-state index is 13.5. The lowest BCUT2D eigenvalue weighted by Gasteiger charge is -2.09. The summed E-state index contributed by atoms with van der Waals surface area (Å²) in [6.07, 6.45) is 9.09. The van der Waals surface area contributed by atoms with Crippen molar-refractivity contribution in [1.29, 1.82) is 0 Å². The number of imidazole rings is 1. The molecular weight excluding hydrogens is 456 g/mol. The van der Waals surface area contributed by atoms with Crippen LogP contribution in [0.15, 0.2) is 59.9 Å². The standard InChI is InChI=1S/C25H28N10O/c1-3-5-9-22-16-35(24-30-27-17-33(24)12-4-2)25(36)34(22)15-21-14-19(10-11-26-21)18-7-6-8-20(13-18)23-28-31-32-29-23/h6-8,10-11,13-14,16-17H,3-5,9,12,15H2,1-2H3,(H,28,29,31,32). The zero-order valence-corrected chi connectivity index (χ0v) is 20.4. The van der Waals surface area contributed by atoms with Crippen LogP contribution in [0.3, 0.4) is 0 Å². The molecule has 0 aliphatic rings. The van der Waals surface area contributed by atoms with E-state index in [1.807, 2.05) is 47.2 Å². The summed E-state index contributed by atoms with van der Waals surface area (Å²) in [5, 5.41) is 22.5. The van der Waals surface area contributed by atoms with Gasteiger partial charge in [0, 0.05) is 30.2 Å². The number of aryl methyl sites for hydroxylation is 2. The van der Waals surface area contributed by atoms with Crippen LogP contribution in [0, 0.1) is 0 Å². The lowest BCUT2D eigenvalue weighted by Crippen LogP contribution is -2.26. The Morgan fingerprint density at radius 1 is 1.00 bits per heavy atom. The highest BCUT2D eigenvalue weighted by atomic mass is 16.2. The second-order valence-corrected chi connectivity index (χ2v) is 8.64. The fourth-order valence-corrected chi connectivity index (χ4v) is 4.26. The van der Waals surface area contributed by atoms with Gasteiger partial charge in [-0.05, 0) is 53.8 Å². The monoisotopic (exact) mass is 484 g/mol. The highest BCUT2D eigenvalue weighted by molar-refractivity contribution is 5.70. The van der Waals surface area contributed by atoms with Crippen molar-refractivity contribution in [2.75, 3.05) is 0 Å². The van der Waals surface area contributed by atoms with Crippen molar-refractivity contribution < 1.29 is 0 Å². The van der Waals surface area contributed by atoms with Gasteiger partial charge in [0.1, 0.15) is 6.33 Å². The molecular formula is C25H28N10O. The molecule has 0 aliphatic heterocycles. The number of nitrogens with one attached hydrogen (secondary N) is 1. The van der Waals surface area contributed by atoms with Crippen LogP contribution in [0.2, 0.25) is 0 Å². The Labute approximate surface area is 207 Å². The van der Waals surface area contributed by atoms with Crippen LogP contribution in [0.4, 0.5) is 0 Å². The molecule has 4 heterocycles. The van der Waals surface area contributed by atoms with E-state index >= 15 is 0 Å². The highest BCUT2D eigenvalue weighted by Gasteiger charge is 2.17. The van der Waals surface area contributed by atoms with E-state index in [9.17, 15) is 4.79 Å². The number of benzene rings is 1. The van der Waals surface area contributed by atoms with E-state index in [1.54, 1.807) is 21.7 Å². The maximum Gasteiger partial charge on any atom is 0.335 e. The van der Waals surface area contributed by atoms with Gasteiger partial charge >= 0.3 is 5.69 Å². The summed E-state index contributed by atoms with van der Waals surface area (Å²) in [4.78, 5) is 18.1. The lowest BCUT2D eigenvalue weighted by molar-refractivity contribution is 0.634. The zero-order valence-electron chi connectivity index (χ0n) is 20.4. The first kappa shape index (κ1) is 23.3. The average Bonchev–Trinajstić information content (AvgIpc) is 3.66. The summed E-state index contributed by atoms with van der Waals surface area (Å²) in [5.41, 5.74) is 4.48. The smallest absolute Gasteiger partial charge is 0.299 e. The topological polar surface area (TPSA) is 125 Å². The Morgan fingerprint density at radius 2 is 1.86 bits per heavy atom. The SMILES string of the molecule is CCCCc1cn(-c2nncn2CCC)c(=O)n1Cc1cc(-c2cccc(-c3nn[nH]n3)c2)ccn1. The first-order chi connectivity index (χ1) is 17.7. The van der Waals surface area contributed by atoms with E-state index in [0.29, 0.717) is 18.3 Å². The fourth-order valence-electron chi connectivity index (χ4n) is 4.26. The van der Waals surface area contributed by atoms with Gasteiger partial charge in [0.2, 0.25) is 11.8 Å². The van der Waals surface area contributed by atoms with E-state index < -0.39 is 0 Å². The van der Waals surface area contributed by atoms with Crippen molar-refractivity contribution in [2.45, 2.75) is 52.6 Å². The fraction of sp³-hybridized carbons (Fsp3) is 0.320. The van der Waals surface area contributed by atoms with Crippen LogP contribution >= 0.6 is 0 Å². The first-order valence-corrected chi connectivity index (χ1v) is 12.2. The number of hydrogen-bond donors (Lipinski definition) is 1. The summed E-state index contributed by atoms with van der Waals surface area (Å²) in [6.45, 7) is 5.34. The minimum absolute atomic E-state index is 0.141. The Balaban J connectivity index is 1.49. The number of hydrogen-bond acceptors (Lipinski definition) is 7. The van der Waals surface area contributed by atoms with Gasteiger partial charge < -0.3 is 0 Å². The van der Waals surface area contributed by atoms with Crippen molar-refractivity contribution in [1.82, 2.24) is 49.5 Å². The predicted octanol–water partition coefficient (Wildman–Crippen LogP) is 3.27. The van der Waals surface area contributed by atoms with Crippen LogP contribution in [0.1, 0.15) is 44.5 Å². The van der Waals surface area contributed by atoms with Crippen LogP contribution in [0.25, 0.3) is 28.5 Å². The molecule has 0 atom stereocenters. The first-order valence-electron chi connectivity index (χ1n) is 12.2. The van der Waals surface area contributed by atoms with Crippen LogP contribution in [-0.4, -0.2) is 49.5 Å². The minimum Gasteiger partial charge on any atom is -0.299 e. The summed E-state index contributed by atoms with van der Waals surface area (Å²) in [5.74, 6) is 1.08. The van der Waals surface area contributed by atoms with Gasteiger partial charge in [0.25, 0.3) is 0 Å². The number of aromatic amines is 1. The number of nitrogens with zero attached hydrogens (tertiary/aromatic N) is 9. The summed E-state index contributed by atoms with van der Waals surface area (Å²) in [6, 6.07) is 11.9. The van der Waals surface area contributed by atoms with E-state index in [-0.39, 0.29) is 5.69 Å². The third kappa shape index (κ3) is 4.72. The molecule has 0 unspecified atom stereocenters. The molecule has 11 nitrogen and oxygen atoms in total. The number of pyridine rings is 1. The molecule has 11 heteroatoms. The van der Waals surface area contributed by atoms with Crippen LogP contribution in [0.5, 0.6) is 0 Å². The summed E-state index contributed by atoms with van der Waals surface area (Å²) in [7, 11) is 0. The molecule has 0 spiro atoms. The third-order valence-corrected chi connectivity index (χ3v) is 6.06. The lowest BCUT2D eigenvalue weighted by atomic mass is 10.0. The Bertz CT molecular complexity index is 1500. The molecule has 0 amide bonds. The Kier molecular flexibility index (Phi) is 6.78. The van der Waals surface area contributed by atoms with Crippen molar-refractivity contribution in [2.24, 2.45) is 0 Å². The molecule has 5 rings (SSSR count). The third-order valence-electron chi connectivity index (χ3n) is 6.06. The minimum atomic E-state index is -0.141. The Hall–Kier alpha value is -4.41. The van der Waals surface area contributed by atoms with Gasteiger partial charge in [-0.25, -0.2) is 9.36 Å². The number of H-pyrrole nitrogens is 1. The largest absolute Gasteiger partial charge is 0.335 e. The van der Waals surface area contributed by atoms with Crippen molar-refractivity contribution in [3.8, 4) is 28.5 Å². The average molecular weight is 485 g/mol. The second-order valence-electron chi connectivity index (χ2n) is 8.64. The number of rotatable bonds is 10. The molecule has 0 fully saturated rings. The van der Waals surface area contributed by atoms with E-state index in [2.05, 4.69) is 49.7 Å². The van der Waals surface area contributed by atoms with E-state index in [0.717, 1.165) is 60.3 Å². The number of aromatic nitrogens is 10. The normalized spacial score (nSPS) is 11.3. The summed E-state index contributed by atoms with van der Waals surface area (Å²) < 4.78 is 5.30. The maximum absolute atomic E-state index is 13.5. The van der Waals surface area contributed by atoms with Crippen molar-refractivity contribution in [3.63, 3.8) is 0 Å². The molecule has 0 radical (unpaired) electrons. The van der Waals surface area contributed by atoms with Crippen molar-refractivity contribution in [3.05, 3.63) is 77.0 Å². The second kappa shape index (κ2) is 10.5. The number of unbranched alkanes of at least 4 members (excludes halogenated alkanes) is 1. The number of tetrazole rings is 1. The van der Waals surface area contributed by atoms with Gasteiger partial charge in [-0.15, -0.1) is 20.4 Å². The molecule has 5 aromatic rings. The molecule has 184 valence electrons. The highest BCUT2D eigenvalue weighted by Crippen LogP contribution is 2.24. The molecule has 1 aromatic carbocycles. The van der Waals surface area contributed by atoms with Gasteiger partial charge in [0.15, 0.2) is 0 Å². The molecule has 36 heavy (non-hydrogen) atoms. The van der Waals surface area contributed by atoms with Gasteiger partial charge in [-0.3, -0.25) is 14.1 Å². The Morgan fingerprint density at radius 3 is 2.67 bits per heavy atom. The van der Waals surface area contributed by atoms with E-state index in [4.69, 9.17) is 0 Å². The zero-order chi connectivity index (χ0) is 24.9. The molecule has 0 saturated carbocycles. The quantitative estimate of drug-likeness (QED) is 0.322. The van der Waals surface area contributed by atoms with Crippen LogP contribution in [-0.2, 0) is 19.5 Å². The molecule has 4 aromatic heterocycles. The van der Waals surface area contributed by atoms with Crippen molar-refractivity contribution >= 4 is 0 Å². The van der Waals surface area contributed by atoms with E-state index in [1.165, 1.54) is 0 Å². The molecule has 0 aliphatic carbocycles. The van der Waals surface area contributed by atoms with Gasteiger partial charge in [-0.2, -0.15) is 5.21 Å². The van der Waals surface area contributed by atoms with Gasteiger partial charge in [0.05, 0.1) is 12.2 Å². The predicted molar refractivity (Wildman–Crippen MR) is 134 cm³/mol. The summed E-state index contributed by atoms with van der Waals surface area (Å²) >= 11 is 0. The molecule has 0 saturated heterocycles. The van der Waals surface area contributed by atoms with Crippen LogP contribution < -0.4 is 5.69 Å². The molecule has 1 N–H and O–H groups in total. The molecule has 0 bridgehead atoms. The van der Waals surface area contributed by atoms with Gasteiger partial charge in [-0.1, -0.05) is 38.5 Å².